The highest BCUT2D eigenvalue weighted by Gasteiger charge is 2.24. The second-order valence-electron chi connectivity index (χ2n) is 6.64. The van der Waals surface area contributed by atoms with Crippen molar-refractivity contribution in [3.8, 4) is 0 Å². The van der Waals surface area contributed by atoms with Crippen LogP contribution in [-0.2, 0) is 4.79 Å². The van der Waals surface area contributed by atoms with Crippen LogP contribution in [0.1, 0.15) is 50.0 Å². The van der Waals surface area contributed by atoms with Crippen molar-refractivity contribution < 1.29 is 4.79 Å². The molecule has 1 aliphatic heterocycles. The number of amides is 1. The maximum absolute atomic E-state index is 12.5. The van der Waals surface area contributed by atoms with Crippen LogP contribution in [0.15, 0.2) is 6.07 Å². The minimum Gasteiger partial charge on any atom is -0.343 e. The number of nitrogens with one attached hydrogen (secondary N) is 1. The van der Waals surface area contributed by atoms with Gasteiger partial charge < -0.3 is 10.2 Å². The molecule has 0 aromatic carbocycles. The van der Waals surface area contributed by atoms with Crippen LogP contribution in [0.4, 0.5) is 0 Å². The Morgan fingerprint density at radius 3 is 2.46 bits per heavy atom. The largest absolute Gasteiger partial charge is 0.343 e. The van der Waals surface area contributed by atoms with E-state index < -0.39 is 0 Å². The SMILES string of the molecule is CNCCC1CCN(C(=O)CC(C)n2nc(C)cc2C)CC1.Cl.Cl. The zero-order valence-corrected chi connectivity index (χ0v) is 16.9. The fraction of sp³-hybridized carbons (Fsp3) is 0.765. The third-order valence-electron chi connectivity index (χ3n) is 4.70. The quantitative estimate of drug-likeness (QED) is 0.826. The molecule has 0 bridgehead atoms. The Kier molecular flexibility index (Phi) is 10.6. The predicted octanol–water partition coefficient (Wildman–Crippen LogP) is 3.14. The monoisotopic (exact) mass is 378 g/mol. The Bertz CT molecular complexity index is 499. The topological polar surface area (TPSA) is 50.2 Å². The zero-order valence-electron chi connectivity index (χ0n) is 15.2. The molecule has 0 spiro atoms. The zero-order chi connectivity index (χ0) is 16.1. The molecule has 7 heteroatoms. The van der Waals surface area contributed by atoms with Gasteiger partial charge in [0.15, 0.2) is 0 Å². The lowest BCUT2D eigenvalue weighted by Crippen LogP contribution is -2.39. The third kappa shape index (κ3) is 6.26. The first-order chi connectivity index (χ1) is 10.5. The third-order valence-corrected chi connectivity index (χ3v) is 4.70. The van der Waals surface area contributed by atoms with E-state index in [2.05, 4.69) is 23.4 Å². The molecule has 5 nitrogen and oxygen atoms in total. The number of aromatic nitrogens is 2. The molecule has 1 saturated heterocycles. The second kappa shape index (κ2) is 11.0. The number of hydrogen-bond donors (Lipinski definition) is 1. The van der Waals surface area contributed by atoms with Gasteiger partial charge in [0.25, 0.3) is 0 Å². The highest BCUT2D eigenvalue weighted by atomic mass is 35.5. The van der Waals surface area contributed by atoms with Crippen LogP contribution < -0.4 is 5.32 Å². The Hall–Kier alpha value is -0.780. The highest BCUT2D eigenvalue weighted by molar-refractivity contribution is 5.85. The summed E-state index contributed by atoms with van der Waals surface area (Å²) in [5.74, 6) is 1.04. The van der Waals surface area contributed by atoms with Crippen LogP contribution in [0.25, 0.3) is 0 Å². The van der Waals surface area contributed by atoms with Crippen LogP contribution in [-0.4, -0.2) is 47.3 Å². The number of carbonyl (C=O) groups excluding carboxylic acids is 1. The molecule has 1 amide bonds. The summed E-state index contributed by atoms with van der Waals surface area (Å²) in [6.45, 7) is 9.03. The van der Waals surface area contributed by atoms with E-state index in [0.29, 0.717) is 6.42 Å². The van der Waals surface area contributed by atoms with E-state index >= 15 is 0 Å². The lowest BCUT2D eigenvalue weighted by Gasteiger charge is -2.32. The van der Waals surface area contributed by atoms with E-state index in [-0.39, 0.29) is 36.8 Å². The van der Waals surface area contributed by atoms with E-state index in [4.69, 9.17) is 0 Å². The Morgan fingerprint density at radius 1 is 1.33 bits per heavy atom. The molecular formula is C17H32Cl2N4O. The molecule has 2 heterocycles. The molecule has 1 unspecified atom stereocenters. The molecule has 1 atom stereocenters. The van der Waals surface area contributed by atoms with Crippen molar-refractivity contribution in [1.29, 1.82) is 0 Å². The van der Waals surface area contributed by atoms with Crippen molar-refractivity contribution in [1.82, 2.24) is 20.0 Å². The lowest BCUT2D eigenvalue weighted by molar-refractivity contribution is -0.133. The summed E-state index contributed by atoms with van der Waals surface area (Å²) in [5.41, 5.74) is 2.14. The van der Waals surface area contributed by atoms with Crippen molar-refractivity contribution in [3.63, 3.8) is 0 Å². The summed E-state index contributed by atoms with van der Waals surface area (Å²) in [6, 6.07) is 2.19. The van der Waals surface area contributed by atoms with Crippen molar-refractivity contribution in [2.75, 3.05) is 26.7 Å². The first-order valence-corrected chi connectivity index (χ1v) is 8.46. The molecule has 0 aliphatic carbocycles. The Morgan fingerprint density at radius 2 is 1.96 bits per heavy atom. The number of carbonyl (C=O) groups is 1. The standard InChI is InChI=1S/C17H30N4O.2ClH/c1-13-11-14(2)21(19-13)15(3)12-17(22)20-9-6-16(7-10-20)5-8-18-4;;/h11,15-16,18H,5-10,12H2,1-4H3;2*1H. The number of likely N-dealkylation sites (tertiary alicyclic amines) is 1. The van der Waals surface area contributed by atoms with Gasteiger partial charge in [-0.1, -0.05) is 0 Å². The molecule has 1 aromatic rings. The van der Waals surface area contributed by atoms with Gasteiger partial charge in [0, 0.05) is 25.2 Å². The molecule has 1 aromatic heterocycles. The van der Waals surface area contributed by atoms with Crippen LogP contribution in [0, 0.1) is 19.8 Å². The number of nitrogens with zero attached hydrogens (tertiary/aromatic N) is 3. The predicted molar refractivity (Wildman–Crippen MR) is 103 cm³/mol. The maximum atomic E-state index is 12.5. The molecule has 1 aliphatic rings. The van der Waals surface area contributed by atoms with E-state index in [1.807, 2.05) is 30.5 Å². The van der Waals surface area contributed by atoms with Gasteiger partial charge in [0.2, 0.25) is 5.91 Å². The van der Waals surface area contributed by atoms with E-state index in [9.17, 15) is 4.79 Å². The van der Waals surface area contributed by atoms with Crippen LogP contribution in [0.2, 0.25) is 0 Å². The van der Waals surface area contributed by atoms with Gasteiger partial charge in [-0.3, -0.25) is 9.48 Å². The van der Waals surface area contributed by atoms with Gasteiger partial charge in [-0.2, -0.15) is 5.10 Å². The molecule has 1 fully saturated rings. The smallest absolute Gasteiger partial charge is 0.224 e. The van der Waals surface area contributed by atoms with Gasteiger partial charge >= 0.3 is 0 Å². The second-order valence-corrected chi connectivity index (χ2v) is 6.64. The molecule has 2 rings (SSSR count). The lowest BCUT2D eigenvalue weighted by atomic mass is 9.93. The Labute approximate surface area is 158 Å². The molecule has 0 radical (unpaired) electrons. The summed E-state index contributed by atoms with van der Waals surface area (Å²) in [7, 11) is 2.00. The first kappa shape index (κ1) is 23.2. The number of aryl methyl sites for hydroxylation is 2. The maximum Gasteiger partial charge on any atom is 0.224 e. The number of hydrogen-bond acceptors (Lipinski definition) is 3. The van der Waals surface area contributed by atoms with Crippen molar-refractivity contribution >= 4 is 30.7 Å². The van der Waals surface area contributed by atoms with Crippen molar-refractivity contribution in [3.05, 3.63) is 17.5 Å². The average Bonchev–Trinajstić information content (AvgIpc) is 2.84. The van der Waals surface area contributed by atoms with Crippen molar-refractivity contribution in [2.24, 2.45) is 5.92 Å². The van der Waals surface area contributed by atoms with Crippen LogP contribution >= 0.6 is 24.8 Å². The fourth-order valence-electron chi connectivity index (χ4n) is 3.38. The van der Waals surface area contributed by atoms with Crippen molar-refractivity contribution in [2.45, 2.75) is 52.5 Å². The summed E-state index contributed by atoms with van der Waals surface area (Å²) < 4.78 is 1.98. The van der Waals surface area contributed by atoms with Gasteiger partial charge in [0.1, 0.15) is 0 Å². The number of rotatable bonds is 6. The van der Waals surface area contributed by atoms with E-state index in [0.717, 1.165) is 49.8 Å². The van der Waals surface area contributed by atoms with Gasteiger partial charge in [0.05, 0.1) is 11.7 Å². The minimum absolute atomic E-state index is 0. The highest BCUT2D eigenvalue weighted by Crippen LogP contribution is 2.22. The Balaban J connectivity index is 0.00000264. The molecule has 1 N–H and O–H groups in total. The fourth-order valence-corrected chi connectivity index (χ4v) is 3.38. The minimum atomic E-state index is 0. The molecule has 140 valence electrons. The normalized spacial score (nSPS) is 16.2. The summed E-state index contributed by atoms with van der Waals surface area (Å²) in [5, 5.41) is 7.70. The van der Waals surface area contributed by atoms with E-state index in [1.54, 1.807) is 0 Å². The molecular weight excluding hydrogens is 347 g/mol. The summed E-state index contributed by atoms with van der Waals surface area (Å²) >= 11 is 0. The van der Waals surface area contributed by atoms with Gasteiger partial charge in [-0.05, 0) is 65.6 Å². The van der Waals surface area contributed by atoms with Gasteiger partial charge in [-0.25, -0.2) is 0 Å². The van der Waals surface area contributed by atoms with Crippen LogP contribution in [0.5, 0.6) is 0 Å². The first-order valence-electron chi connectivity index (χ1n) is 8.46. The van der Waals surface area contributed by atoms with Crippen LogP contribution in [0.3, 0.4) is 0 Å². The number of halogens is 2. The summed E-state index contributed by atoms with van der Waals surface area (Å²) in [4.78, 5) is 14.5. The molecule has 0 saturated carbocycles. The molecule has 24 heavy (non-hydrogen) atoms. The average molecular weight is 379 g/mol. The van der Waals surface area contributed by atoms with E-state index in [1.165, 1.54) is 6.42 Å². The van der Waals surface area contributed by atoms with Gasteiger partial charge in [-0.15, -0.1) is 24.8 Å². The summed E-state index contributed by atoms with van der Waals surface area (Å²) in [6.07, 6.45) is 4.05. The number of piperidine rings is 1.